The second kappa shape index (κ2) is 10.7. The third-order valence-corrected chi connectivity index (χ3v) is 6.37. The molecule has 0 aliphatic carbocycles. The van der Waals surface area contributed by atoms with Crippen molar-refractivity contribution in [2.45, 2.75) is 64.2 Å². The Morgan fingerprint density at radius 1 is 1.30 bits per heavy atom. The maximum Gasteiger partial charge on any atom is 0.345 e. The van der Waals surface area contributed by atoms with E-state index in [1.165, 1.54) is 11.3 Å². The molecule has 2 heterocycles. The number of nitrogens with zero attached hydrogens (tertiary/aromatic N) is 1. The number of aliphatic hydroxyl groups excluding tert-OH is 1. The minimum Gasteiger partial charge on any atom is -0.477 e. The van der Waals surface area contributed by atoms with Crippen LogP contribution in [0.5, 0.6) is 0 Å². The standard InChI is InChI=1S/C23H29NO5S/c1-2-3-4-5-20(25)17-6-8-18(9-7-17)24-19(10-11-22(24)26)14-29-13-16-12-21(23(27)28)30-15-16/h6-9,12,15,19-20,25H,2-5,10-11,13-14H2,1H3,(H,27,28)/t19?,20-/m1/s1. The van der Waals surface area contributed by atoms with Crippen molar-refractivity contribution in [3.05, 3.63) is 51.7 Å². The topological polar surface area (TPSA) is 87.1 Å². The number of rotatable bonds is 11. The highest BCUT2D eigenvalue weighted by Gasteiger charge is 2.32. The quantitative estimate of drug-likeness (QED) is 0.500. The number of hydrogen-bond acceptors (Lipinski definition) is 5. The molecule has 1 aliphatic rings. The first-order valence-corrected chi connectivity index (χ1v) is 11.4. The lowest BCUT2D eigenvalue weighted by atomic mass is 10.0. The Labute approximate surface area is 181 Å². The van der Waals surface area contributed by atoms with E-state index in [1.807, 2.05) is 24.3 Å². The van der Waals surface area contributed by atoms with E-state index < -0.39 is 12.1 Å². The third-order valence-electron chi connectivity index (χ3n) is 5.41. The second-order valence-corrected chi connectivity index (χ2v) is 8.61. The number of benzene rings is 1. The van der Waals surface area contributed by atoms with Crippen LogP contribution < -0.4 is 4.90 Å². The summed E-state index contributed by atoms with van der Waals surface area (Å²) < 4.78 is 5.79. The Bertz CT molecular complexity index is 848. The van der Waals surface area contributed by atoms with Crippen LogP contribution in [-0.4, -0.2) is 34.7 Å². The molecule has 0 spiro atoms. The van der Waals surface area contributed by atoms with Crippen LogP contribution in [0.15, 0.2) is 35.7 Å². The van der Waals surface area contributed by atoms with Gasteiger partial charge >= 0.3 is 5.97 Å². The van der Waals surface area contributed by atoms with Gasteiger partial charge in [0.1, 0.15) is 4.88 Å². The lowest BCUT2D eigenvalue weighted by Crippen LogP contribution is -2.36. The average Bonchev–Trinajstić information content (AvgIpc) is 3.35. The normalized spacial score (nSPS) is 17.5. The van der Waals surface area contributed by atoms with Crippen LogP contribution in [-0.2, 0) is 16.1 Å². The molecule has 2 aromatic rings. The number of carbonyl (C=O) groups excluding carboxylic acids is 1. The lowest BCUT2D eigenvalue weighted by molar-refractivity contribution is -0.117. The zero-order valence-electron chi connectivity index (χ0n) is 17.3. The summed E-state index contributed by atoms with van der Waals surface area (Å²) in [4.78, 5) is 25.5. The SMILES string of the molecule is CCCCC[C@@H](O)c1ccc(N2C(=O)CCC2COCc2csc(C(=O)O)c2)cc1. The molecular weight excluding hydrogens is 402 g/mol. The molecule has 1 aromatic carbocycles. The van der Waals surface area contributed by atoms with Gasteiger partial charge in [-0.2, -0.15) is 0 Å². The van der Waals surface area contributed by atoms with Gasteiger partial charge in [0.2, 0.25) is 5.91 Å². The third kappa shape index (κ3) is 5.68. The van der Waals surface area contributed by atoms with E-state index >= 15 is 0 Å². The van der Waals surface area contributed by atoms with Gasteiger partial charge < -0.3 is 19.8 Å². The number of aliphatic hydroxyl groups is 1. The summed E-state index contributed by atoms with van der Waals surface area (Å²) in [6, 6.07) is 9.16. The Kier molecular flexibility index (Phi) is 8.01. The highest BCUT2D eigenvalue weighted by molar-refractivity contribution is 7.12. The zero-order valence-corrected chi connectivity index (χ0v) is 18.1. The summed E-state index contributed by atoms with van der Waals surface area (Å²) >= 11 is 1.18. The van der Waals surface area contributed by atoms with Crippen LogP contribution in [0, 0.1) is 0 Å². The Hall–Kier alpha value is -2.22. The molecule has 2 atom stereocenters. The van der Waals surface area contributed by atoms with E-state index in [2.05, 4.69) is 6.92 Å². The largest absolute Gasteiger partial charge is 0.477 e. The monoisotopic (exact) mass is 431 g/mol. The number of thiophene rings is 1. The van der Waals surface area contributed by atoms with E-state index in [-0.39, 0.29) is 11.9 Å². The van der Waals surface area contributed by atoms with Crippen molar-refractivity contribution in [2.24, 2.45) is 0 Å². The first-order chi connectivity index (χ1) is 14.5. The fourth-order valence-corrected chi connectivity index (χ4v) is 4.48. The Morgan fingerprint density at radius 3 is 2.73 bits per heavy atom. The van der Waals surface area contributed by atoms with Crippen LogP contribution in [0.2, 0.25) is 0 Å². The van der Waals surface area contributed by atoms with Gasteiger partial charge in [0.25, 0.3) is 0 Å². The maximum atomic E-state index is 12.4. The molecule has 7 heteroatoms. The fraction of sp³-hybridized carbons (Fsp3) is 0.478. The number of carboxylic acids is 1. The molecule has 2 N–H and O–H groups in total. The van der Waals surface area contributed by atoms with E-state index in [0.717, 1.165) is 48.9 Å². The molecule has 1 aliphatic heterocycles. The predicted octanol–water partition coefficient (Wildman–Crippen LogP) is 4.77. The van der Waals surface area contributed by atoms with Crippen molar-refractivity contribution in [1.82, 2.24) is 0 Å². The van der Waals surface area contributed by atoms with Gasteiger partial charge in [-0.15, -0.1) is 11.3 Å². The van der Waals surface area contributed by atoms with Crippen molar-refractivity contribution in [3.8, 4) is 0 Å². The molecule has 0 radical (unpaired) electrons. The van der Waals surface area contributed by atoms with Gasteiger partial charge in [-0.3, -0.25) is 4.79 Å². The lowest BCUT2D eigenvalue weighted by Gasteiger charge is -2.25. The number of aromatic carboxylic acids is 1. The minimum atomic E-state index is -0.933. The predicted molar refractivity (Wildman–Crippen MR) is 117 cm³/mol. The zero-order chi connectivity index (χ0) is 21.5. The molecule has 162 valence electrons. The summed E-state index contributed by atoms with van der Waals surface area (Å²) in [6.45, 7) is 2.86. The molecule has 1 aromatic heterocycles. The van der Waals surface area contributed by atoms with Crippen molar-refractivity contribution < 1.29 is 24.5 Å². The molecule has 1 fully saturated rings. The van der Waals surface area contributed by atoms with Gasteiger partial charge in [-0.05, 0) is 47.5 Å². The van der Waals surface area contributed by atoms with Crippen LogP contribution in [0.1, 0.15) is 72.4 Å². The van der Waals surface area contributed by atoms with Crippen molar-refractivity contribution in [1.29, 1.82) is 0 Å². The van der Waals surface area contributed by atoms with Gasteiger partial charge in [-0.25, -0.2) is 4.79 Å². The summed E-state index contributed by atoms with van der Waals surface area (Å²) in [6.07, 6.45) is 4.73. The minimum absolute atomic E-state index is 0.0459. The number of hydrogen-bond donors (Lipinski definition) is 2. The fourth-order valence-electron chi connectivity index (χ4n) is 3.74. The highest BCUT2D eigenvalue weighted by Crippen LogP contribution is 2.29. The average molecular weight is 432 g/mol. The first-order valence-electron chi connectivity index (χ1n) is 10.5. The molecule has 6 nitrogen and oxygen atoms in total. The van der Waals surface area contributed by atoms with Gasteiger partial charge in [0, 0.05) is 12.1 Å². The second-order valence-electron chi connectivity index (χ2n) is 7.70. The van der Waals surface area contributed by atoms with E-state index in [1.54, 1.807) is 16.3 Å². The van der Waals surface area contributed by atoms with Crippen molar-refractivity contribution in [2.75, 3.05) is 11.5 Å². The summed E-state index contributed by atoms with van der Waals surface area (Å²) in [5.74, 6) is -0.860. The highest BCUT2D eigenvalue weighted by atomic mass is 32.1. The number of carboxylic acid groups (broad SMARTS) is 1. The van der Waals surface area contributed by atoms with Crippen LogP contribution in [0.4, 0.5) is 5.69 Å². The Balaban J connectivity index is 1.56. The van der Waals surface area contributed by atoms with Gasteiger partial charge in [-0.1, -0.05) is 38.3 Å². The summed E-state index contributed by atoms with van der Waals surface area (Å²) in [5, 5.41) is 21.1. The van der Waals surface area contributed by atoms with Crippen LogP contribution in [0.25, 0.3) is 0 Å². The van der Waals surface area contributed by atoms with E-state index in [9.17, 15) is 14.7 Å². The molecule has 1 unspecified atom stereocenters. The molecule has 1 amide bonds. The van der Waals surface area contributed by atoms with E-state index in [0.29, 0.717) is 24.5 Å². The molecule has 1 saturated heterocycles. The molecular formula is C23H29NO5S. The first kappa shape index (κ1) is 22.5. The molecule has 30 heavy (non-hydrogen) atoms. The van der Waals surface area contributed by atoms with Gasteiger partial charge in [0.15, 0.2) is 0 Å². The molecule has 0 bridgehead atoms. The summed E-state index contributed by atoms with van der Waals surface area (Å²) in [7, 11) is 0. The molecule has 3 rings (SSSR count). The smallest absolute Gasteiger partial charge is 0.345 e. The van der Waals surface area contributed by atoms with Crippen LogP contribution in [0.3, 0.4) is 0 Å². The van der Waals surface area contributed by atoms with Crippen molar-refractivity contribution >= 4 is 28.9 Å². The number of anilines is 1. The Morgan fingerprint density at radius 2 is 2.07 bits per heavy atom. The maximum absolute atomic E-state index is 12.4. The van der Waals surface area contributed by atoms with E-state index in [4.69, 9.17) is 9.84 Å². The number of unbranched alkanes of at least 4 members (excludes halogenated alkanes) is 2. The summed E-state index contributed by atoms with van der Waals surface area (Å²) in [5.41, 5.74) is 2.52. The molecule has 0 saturated carbocycles. The number of carbonyl (C=O) groups is 2. The van der Waals surface area contributed by atoms with Crippen LogP contribution >= 0.6 is 11.3 Å². The number of amides is 1. The number of ether oxygens (including phenoxy) is 1. The van der Waals surface area contributed by atoms with Gasteiger partial charge in [0.05, 0.1) is 25.4 Å². The van der Waals surface area contributed by atoms with Crippen molar-refractivity contribution in [3.63, 3.8) is 0 Å².